The number of anilines is 1. The second-order valence-corrected chi connectivity index (χ2v) is 5.77. The Morgan fingerprint density at radius 3 is 2.81 bits per heavy atom. The summed E-state index contributed by atoms with van der Waals surface area (Å²) in [6.07, 6.45) is -2.54. The lowest BCUT2D eigenvalue weighted by Crippen LogP contribution is -2.31. The smallest absolute Gasteiger partial charge is 0.319 e. The summed E-state index contributed by atoms with van der Waals surface area (Å²) in [5, 5.41) is 14.5. The first kappa shape index (κ1) is 18.0. The molecule has 0 aliphatic heterocycles. The summed E-state index contributed by atoms with van der Waals surface area (Å²) in [4.78, 5) is 12.1. The van der Waals surface area contributed by atoms with Crippen molar-refractivity contribution in [2.75, 3.05) is 17.6 Å². The van der Waals surface area contributed by atoms with Crippen LogP contribution in [0, 0.1) is 0 Å². The monoisotopic (exact) mass is 338 g/mol. The molecule has 0 saturated heterocycles. The van der Waals surface area contributed by atoms with Crippen LogP contribution < -0.4 is 10.6 Å². The first-order chi connectivity index (χ1) is 9.90. The van der Waals surface area contributed by atoms with Crippen LogP contribution in [-0.2, 0) is 0 Å². The molecule has 3 N–H and O–H groups in total. The molecule has 0 bridgehead atoms. The van der Waals surface area contributed by atoms with Crippen molar-refractivity contribution in [2.45, 2.75) is 30.8 Å². The Morgan fingerprint density at radius 2 is 2.19 bits per heavy atom. The molecule has 0 spiro atoms. The Hall–Kier alpha value is -1.05. The molecule has 0 heterocycles. The maximum Gasteiger partial charge on any atom is 0.319 e. The third-order valence-corrected chi connectivity index (χ3v) is 3.99. The zero-order chi connectivity index (χ0) is 15.8. The highest BCUT2D eigenvalue weighted by molar-refractivity contribution is 7.99. The average molecular weight is 339 g/mol. The van der Waals surface area contributed by atoms with Gasteiger partial charge in [-0.15, -0.1) is 11.8 Å². The van der Waals surface area contributed by atoms with Gasteiger partial charge in [-0.3, -0.25) is 0 Å². The van der Waals surface area contributed by atoms with Crippen LogP contribution in [0.25, 0.3) is 0 Å². The summed E-state index contributed by atoms with van der Waals surface area (Å²) in [6, 6.07) is 4.32. The number of urea groups is 1. The van der Waals surface area contributed by atoms with Crippen LogP contribution in [0.3, 0.4) is 0 Å². The Bertz CT molecular complexity index is 475. The Balaban J connectivity index is 2.64. The van der Waals surface area contributed by atoms with Gasteiger partial charge in [0.15, 0.2) is 0 Å². The summed E-state index contributed by atoms with van der Waals surface area (Å²) in [6.45, 7) is 1.93. The fourth-order valence-corrected chi connectivity index (χ4v) is 2.57. The highest BCUT2D eigenvalue weighted by Crippen LogP contribution is 2.35. The molecule has 0 saturated carbocycles. The number of aliphatic hydroxyl groups excluding tert-OH is 1. The summed E-state index contributed by atoms with van der Waals surface area (Å²) in [5.74, 6) is -0.401. The third kappa shape index (κ3) is 6.97. The molecular formula is C13H17ClF2N2O2S. The van der Waals surface area contributed by atoms with Gasteiger partial charge >= 0.3 is 6.03 Å². The van der Waals surface area contributed by atoms with Gasteiger partial charge in [0.2, 0.25) is 6.43 Å². The molecule has 8 heteroatoms. The van der Waals surface area contributed by atoms with Crippen LogP contribution in [-0.4, -0.2) is 36.0 Å². The lowest BCUT2D eigenvalue weighted by molar-refractivity contribution is 0.177. The number of benzene rings is 1. The van der Waals surface area contributed by atoms with Crippen LogP contribution in [0.4, 0.5) is 19.3 Å². The number of carbonyl (C=O) groups is 1. The Morgan fingerprint density at radius 1 is 1.48 bits per heavy atom. The van der Waals surface area contributed by atoms with Gasteiger partial charge in [0.05, 0.1) is 22.6 Å². The van der Waals surface area contributed by atoms with Crippen molar-refractivity contribution in [1.82, 2.24) is 5.32 Å². The minimum Gasteiger partial charge on any atom is -0.393 e. The summed E-state index contributed by atoms with van der Waals surface area (Å²) in [5.41, 5.74) is 0.377. The number of halogens is 3. The molecule has 21 heavy (non-hydrogen) atoms. The topological polar surface area (TPSA) is 61.4 Å². The van der Waals surface area contributed by atoms with Gasteiger partial charge in [0.25, 0.3) is 0 Å². The number of hydrogen-bond donors (Lipinski definition) is 3. The Labute approximate surface area is 131 Å². The van der Waals surface area contributed by atoms with E-state index in [4.69, 9.17) is 16.7 Å². The molecule has 0 aliphatic carbocycles. The number of rotatable bonds is 7. The maximum absolute atomic E-state index is 12.3. The van der Waals surface area contributed by atoms with E-state index in [9.17, 15) is 13.6 Å². The van der Waals surface area contributed by atoms with Crippen molar-refractivity contribution >= 4 is 35.1 Å². The molecule has 0 aromatic heterocycles. The van der Waals surface area contributed by atoms with Crippen LogP contribution >= 0.6 is 23.4 Å². The van der Waals surface area contributed by atoms with E-state index in [0.717, 1.165) is 11.8 Å². The minimum atomic E-state index is -2.46. The van der Waals surface area contributed by atoms with Crippen LogP contribution in [0.1, 0.15) is 13.3 Å². The lowest BCUT2D eigenvalue weighted by atomic mass is 10.3. The molecule has 1 unspecified atom stereocenters. The van der Waals surface area contributed by atoms with E-state index >= 15 is 0 Å². The number of aliphatic hydroxyl groups is 1. The number of alkyl halides is 2. The van der Waals surface area contributed by atoms with E-state index in [2.05, 4.69) is 10.6 Å². The van der Waals surface area contributed by atoms with Gasteiger partial charge in [-0.1, -0.05) is 17.7 Å². The van der Waals surface area contributed by atoms with E-state index in [-0.39, 0.29) is 0 Å². The first-order valence-electron chi connectivity index (χ1n) is 6.32. The fourth-order valence-electron chi connectivity index (χ4n) is 1.46. The van der Waals surface area contributed by atoms with Crippen LogP contribution in [0.2, 0.25) is 5.02 Å². The predicted octanol–water partition coefficient (Wildman–Crippen LogP) is 3.59. The van der Waals surface area contributed by atoms with Crippen molar-refractivity contribution in [3.05, 3.63) is 23.2 Å². The molecule has 118 valence electrons. The zero-order valence-electron chi connectivity index (χ0n) is 11.4. The lowest BCUT2D eigenvalue weighted by Gasteiger charge is -2.13. The molecule has 1 aromatic rings. The number of thioether (sulfide) groups is 1. The van der Waals surface area contributed by atoms with Crippen molar-refractivity contribution in [3.63, 3.8) is 0 Å². The van der Waals surface area contributed by atoms with E-state index in [1.54, 1.807) is 25.1 Å². The number of carbonyl (C=O) groups excluding carboxylic acids is 1. The number of nitrogens with one attached hydrogen (secondary N) is 2. The van der Waals surface area contributed by atoms with Gasteiger partial charge in [0, 0.05) is 11.4 Å². The molecule has 2 amide bonds. The second kappa shape index (κ2) is 9.07. The summed E-state index contributed by atoms with van der Waals surface area (Å²) < 4.78 is 24.6. The molecule has 0 radical (unpaired) electrons. The normalized spacial score (nSPS) is 12.3. The third-order valence-electron chi connectivity index (χ3n) is 2.42. The first-order valence-corrected chi connectivity index (χ1v) is 7.69. The van der Waals surface area contributed by atoms with E-state index in [1.807, 2.05) is 0 Å². The van der Waals surface area contributed by atoms with E-state index < -0.39 is 24.3 Å². The molecular weight excluding hydrogens is 322 g/mol. The van der Waals surface area contributed by atoms with Gasteiger partial charge in [-0.25, -0.2) is 13.6 Å². The van der Waals surface area contributed by atoms with Gasteiger partial charge in [0.1, 0.15) is 0 Å². The molecule has 1 rings (SSSR count). The molecule has 4 nitrogen and oxygen atoms in total. The predicted molar refractivity (Wildman–Crippen MR) is 81.5 cm³/mol. The zero-order valence-corrected chi connectivity index (χ0v) is 13.0. The SMILES string of the molecule is CC(O)CCNC(=O)Nc1cccc(Cl)c1SCC(F)F. The van der Waals surface area contributed by atoms with Crippen molar-refractivity contribution in [3.8, 4) is 0 Å². The highest BCUT2D eigenvalue weighted by Gasteiger charge is 2.13. The standard InChI is InChI=1S/C13H17ClF2N2O2S/c1-8(19)5-6-17-13(20)18-10-4-2-3-9(14)12(10)21-7-11(15)16/h2-4,8,11,19H,5-7H2,1H3,(H2,17,18,20). The second-order valence-electron chi connectivity index (χ2n) is 4.34. The average Bonchev–Trinajstić information content (AvgIpc) is 2.37. The van der Waals surface area contributed by atoms with Gasteiger partial charge < -0.3 is 15.7 Å². The highest BCUT2D eigenvalue weighted by atomic mass is 35.5. The molecule has 0 aliphatic rings. The molecule has 1 aromatic carbocycles. The van der Waals surface area contributed by atoms with Gasteiger partial charge in [-0.2, -0.15) is 0 Å². The van der Waals surface area contributed by atoms with Gasteiger partial charge in [-0.05, 0) is 25.5 Å². The largest absolute Gasteiger partial charge is 0.393 e. The maximum atomic E-state index is 12.3. The number of hydrogen-bond acceptors (Lipinski definition) is 3. The summed E-state index contributed by atoms with van der Waals surface area (Å²) in [7, 11) is 0. The van der Waals surface area contributed by atoms with Crippen LogP contribution in [0.5, 0.6) is 0 Å². The fraction of sp³-hybridized carbons (Fsp3) is 0.462. The van der Waals surface area contributed by atoms with Crippen molar-refractivity contribution in [2.24, 2.45) is 0 Å². The quantitative estimate of drug-likeness (QED) is 0.666. The minimum absolute atomic E-state index is 0.308. The van der Waals surface area contributed by atoms with Crippen molar-refractivity contribution in [1.29, 1.82) is 0 Å². The number of amides is 2. The summed E-state index contributed by atoms with van der Waals surface area (Å²) >= 11 is 6.86. The van der Waals surface area contributed by atoms with E-state index in [1.165, 1.54) is 0 Å². The van der Waals surface area contributed by atoms with E-state index in [0.29, 0.717) is 28.6 Å². The molecule has 0 fully saturated rings. The molecule has 1 atom stereocenters. The Kier molecular flexibility index (Phi) is 7.77. The van der Waals surface area contributed by atoms with Crippen LogP contribution in [0.15, 0.2) is 23.1 Å². The van der Waals surface area contributed by atoms with Crippen molar-refractivity contribution < 1.29 is 18.7 Å².